The van der Waals surface area contributed by atoms with Crippen LogP contribution in [0.5, 0.6) is 0 Å². The number of benzene rings is 2. The lowest BCUT2D eigenvalue weighted by molar-refractivity contribution is -0.143. The van der Waals surface area contributed by atoms with E-state index in [0.29, 0.717) is 0 Å². The van der Waals surface area contributed by atoms with Gasteiger partial charge in [0.15, 0.2) is 0 Å². The topological polar surface area (TPSA) is 113 Å². The van der Waals surface area contributed by atoms with Crippen LogP contribution in [0.3, 0.4) is 0 Å². The van der Waals surface area contributed by atoms with E-state index in [9.17, 15) is 19.8 Å². The molecule has 150 valence electrons. The number of halogens is 2. The van der Waals surface area contributed by atoms with E-state index >= 15 is 0 Å². The maximum atomic E-state index is 11.9. The maximum absolute atomic E-state index is 11.9. The molecule has 3 atom stereocenters. The van der Waals surface area contributed by atoms with Gasteiger partial charge in [0.1, 0.15) is 11.6 Å². The van der Waals surface area contributed by atoms with Crippen LogP contribution < -0.4 is 11.1 Å². The van der Waals surface area contributed by atoms with E-state index in [1.165, 1.54) is 6.92 Å². The number of carboxylic acid groups (broad SMARTS) is 2. The molecule has 0 aliphatic heterocycles. The fraction of sp³-hybridized carbons (Fsp3) is 0.300. The summed E-state index contributed by atoms with van der Waals surface area (Å²) < 4.78 is 1.99. The van der Waals surface area contributed by atoms with Crippen molar-refractivity contribution in [2.24, 2.45) is 5.73 Å². The molecular formula is C20H22I2N2O4. The van der Waals surface area contributed by atoms with Gasteiger partial charge in [-0.15, -0.1) is 0 Å². The largest absolute Gasteiger partial charge is 0.480 e. The van der Waals surface area contributed by atoms with Crippen molar-refractivity contribution in [3.05, 3.63) is 66.8 Å². The van der Waals surface area contributed by atoms with E-state index in [1.54, 1.807) is 0 Å². The summed E-state index contributed by atoms with van der Waals surface area (Å²) in [6.45, 7) is 1.44. The molecule has 3 unspecified atom stereocenters. The van der Waals surface area contributed by atoms with Gasteiger partial charge in [-0.3, -0.25) is 14.9 Å². The van der Waals surface area contributed by atoms with Gasteiger partial charge in [-0.05, 0) is 100 Å². The zero-order valence-corrected chi connectivity index (χ0v) is 19.5. The van der Waals surface area contributed by atoms with E-state index in [2.05, 4.69) is 50.5 Å². The maximum Gasteiger partial charge on any atom is 0.323 e. The Morgan fingerprint density at radius 1 is 1.11 bits per heavy atom. The molecule has 0 aliphatic rings. The van der Waals surface area contributed by atoms with E-state index in [0.717, 1.165) is 18.3 Å². The van der Waals surface area contributed by atoms with Crippen molar-refractivity contribution in [1.82, 2.24) is 5.32 Å². The molecule has 5 N–H and O–H groups in total. The van der Waals surface area contributed by atoms with Crippen molar-refractivity contribution in [3.8, 4) is 0 Å². The molecule has 6 nitrogen and oxygen atoms in total. The first-order chi connectivity index (χ1) is 13.1. The molecule has 0 bridgehead atoms. The number of aliphatic carboxylic acids is 2. The summed E-state index contributed by atoms with van der Waals surface area (Å²) in [5.74, 6) is -2.13. The Hall–Kier alpha value is -1.24. The lowest BCUT2D eigenvalue weighted by Crippen LogP contribution is -2.50. The lowest BCUT2D eigenvalue weighted by Gasteiger charge is -2.29. The minimum absolute atomic E-state index is 0.0541. The molecular weight excluding hydrogens is 586 g/mol. The van der Waals surface area contributed by atoms with Crippen LogP contribution in [-0.2, 0) is 16.0 Å². The summed E-state index contributed by atoms with van der Waals surface area (Å²) in [5.41, 5.74) is 6.17. The summed E-state index contributed by atoms with van der Waals surface area (Å²) in [7, 11) is 0. The van der Waals surface area contributed by atoms with Crippen LogP contribution in [-0.4, -0.2) is 33.7 Å². The van der Waals surface area contributed by atoms with Crippen molar-refractivity contribution in [3.63, 3.8) is 0 Å². The summed E-state index contributed by atoms with van der Waals surface area (Å²) in [6, 6.07) is 13.8. The average Bonchev–Trinajstić information content (AvgIpc) is 2.60. The van der Waals surface area contributed by atoms with Gasteiger partial charge in [-0.2, -0.15) is 0 Å². The zero-order chi connectivity index (χ0) is 20.9. The van der Waals surface area contributed by atoms with E-state index < -0.39 is 29.6 Å². The molecule has 0 saturated carbocycles. The molecule has 0 amide bonds. The summed E-state index contributed by atoms with van der Waals surface area (Å²) in [4.78, 5) is 23.4. The molecule has 0 aromatic heterocycles. The first kappa shape index (κ1) is 23.0. The molecule has 2 rings (SSSR count). The van der Waals surface area contributed by atoms with E-state index in [4.69, 9.17) is 5.73 Å². The highest BCUT2D eigenvalue weighted by Crippen LogP contribution is 2.26. The Balaban J connectivity index is 2.32. The molecule has 0 heterocycles. The first-order valence-corrected chi connectivity index (χ1v) is 10.8. The molecule has 0 aliphatic carbocycles. The Bertz CT molecular complexity index is 858. The predicted octanol–water partition coefficient (Wildman–Crippen LogP) is 3.41. The Morgan fingerprint density at radius 2 is 1.71 bits per heavy atom. The highest BCUT2D eigenvalue weighted by atomic mass is 127. The summed E-state index contributed by atoms with van der Waals surface area (Å²) >= 11 is 4.35. The molecule has 2 aromatic carbocycles. The summed E-state index contributed by atoms with van der Waals surface area (Å²) in [6.07, 6.45) is 0.333. The van der Waals surface area contributed by atoms with Gasteiger partial charge in [-0.1, -0.05) is 24.3 Å². The normalized spacial score (nSPS) is 15.4. The van der Waals surface area contributed by atoms with Crippen LogP contribution >= 0.6 is 45.2 Å². The fourth-order valence-electron chi connectivity index (χ4n) is 2.87. The first-order valence-electron chi connectivity index (χ1n) is 8.59. The fourth-order valence-corrected chi connectivity index (χ4v) is 4.04. The van der Waals surface area contributed by atoms with E-state index in [-0.39, 0.29) is 12.8 Å². The molecule has 8 heteroatoms. The predicted molar refractivity (Wildman–Crippen MR) is 124 cm³/mol. The molecule has 2 aromatic rings. The van der Waals surface area contributed by atoms with Gasteiger partial charge in [0.25, 0.3) is 0 Å². The second-order valence-electron chi connectivity index (χ2n) is 6.93. The van der Waals surface area contributed by atoms with Crippen molar-refractivity contribution in [2.75, 3.05) is 0 Å². The van der Waals surface area contributed by atoms with E-state index in [1.807, 2.05) is 48.5 Å². The molecule has 28 heavy (non-hydrogen) atoms. The van der Waals surface area contributed by atoms with Crippen molar-refractivity contribution >= 4 is 57.1 Å². The number of carbonyl (C=O) groups is 2. The Morgan fingerprint density at radius 3 is 2.25 bits per heavy atom. The molecule has 0 fully saturated rings. The molecule has 0 radical (unpaired) electrons. The zero-order valence-electron chi connectivity index (χ0n) is 15.2. The lowest BCUT2D eigenvalue weighted by atomic mass is 9.89. The van der Waals surface area contributed by atoms with Crippen LogP contribution in [0.1, 0.15) is 30.5 Å². The smallest absolute Gasteiger partial charge is 0.323 e. The van der Waals surface area contributed by atoms with Crippen molar-refractivity contribution in [1.29, 1.82) is 0 Å². The Kier molecular flexibility index (Phi) is 8.22. The Labute approximate surface area is 191 Å². The molecule has 0 spiro atoms. The van der Waals surface area contributed by atoms with Crippen LogP contribution in [0.2, 0.25) is 0 Å². The van der Waals surface area contributed by atoms with Crippen LogP contribution in [0, 0.1) is 7.14 Å². The number of carboxylic acids is 2. The third kappa shape index (κ3) is 6.68. The minimum atomic E-state index is -1.50. The third-order valence-electron chi connectivity index (χ3n) is 4.40. The number of nitrogens with one attached hydrogen (secondary N) is 1. The van der Waals surface area contributed by atoms with Crippen molar-refractivity contribution in [2.45, 2.75) is 37.4 Å². The van der Waals surface area contributed by atoms with Gasteiger partial charge < -0.3 is 15.9 Å². The van der Waals surface area contributed by atoms with Gasteiger partial charge in [0, 0.05) is 13.2 Å². The standard InChI is InChI=1S/C20H22I2N2O4/c1-20(23,19(27)28)11-17(13-5-3-7-15(22)10-13)24-16(18(25)26)9-12-4-2-6-14(21)8-12/h2-8,10,16-17,24H,9,11,23H2,1H3,(H,25,26)(H,27,28). The second-order valence-corrected chi connectivity index (χ2v) is 9.42. The third-order valence-corrected chi connectivity index (χ3v) is 5.74. The van der Waals surface area contributed by atoms with Gasteiger partial charge in [-0.25, -0.2) is 0 Å². The molecule has 0 saturated heterocycles. The number of hydrogen-bond donors (Lipinski definition) is 4. The van der Waals surface area contributed by atoms with Crippen molar-refractivity contribution < 1.29 is 19.8 Å². The number of nitrogens with two attached hydrogens (primary N) is 1. The van der Waals surface area contributed by atoms with Crippen LogP contribution in [0.25, 0.3) is 0 Å². The van der Waals surface area contributed by atoms with Gasteiger partial charge in [0.2, 0.25) is 0 Å². The monoisotopic (exact) mass is 608 g/mol. The van der Waals surface area contributed by atoms with Gasteiger partial charge >= 0.3 is 11.9 Å². The SMILES string of the molecule is CC(N)(CC(NC(Cc1cccc(I)c1)C(=O)O)c1cccc(I)c1)C(=O)O. The summed E-state index contributed by atoms with van der Waals surface area (Å²) in [5, 5.41) is 22.3. The quantitative estimate of drug-likeness (QED) is 0.325. The van der Waals surface area contributed by atoms with Gasteiger partial charge in [0.05, 0.1) is 0 Å². The minimum Gasteiger partial charge on any atom is -0.480 e. The highest BCUT2D eigenvalue weighted by Gasteiger charge is 2.34. The second kappa shape index (κ2) is 9.99. The highest BCUT2D eigenvalue weighted by molar-refractivity contribution is 14.1. The average molecular weight is 608 g/mol. The van der Waals surface area contributed by atoms with Crippen LogP contribution in [0.4, 0.5) is 0 Å². The van der Waals surface area contributed by atoms with Crippen LogP contribution in [0.15, 0.2) is 48.5 Å². The number of hydrogen-bond acceptors (Lipinski definition) is 4. The number of rotatable bonds is 9.